The van der Waals surface area contributed by atoms with Gasteiger partial charge in [0.25, 0.3) is 0 Å². The molecule has 19 heavy (non-hydrogen) atoms. The van der Waals surface area contributed by atoms with Gasteiger partial charge < -0.3 is 9.84 Å². The fourth-order valence-corrected chi connectivity index (χ4v) is 3.67. The summed E-state index contributed by atoms with van der Waals surface area (Å²) in [7, 11) is 0. The summed E-state index contributed by atoms with van der Waals surface area (Å²) in [5, 5.41) is 9.95. The van der Waals surface area contributed by atoms with E-state index < -0.39 is 0 Å². The standard InChI is InChI=1S/C17H24O2/c1-2-12-6-3-4-8-16(12)19-17-9-5-7-13-14(17)10-11-15(13)18/h5,7,9,12,15-16,18H,2-4,6,8,10-11H2,1H3. The summed E-state index contributed by atoms with van der Waals surface area (Å²) < 4.78 is 6.34. The minimum atomic E-state index is -0.285. The number of hydrogen-bond donors (Lipinski definition) is 1. The van der Waals surface area contributed by atoms with Crippen LogP contribution < -0.4 is 4.74 Å². The lowest BCUT2D eigenvalue weighted by Gasteiger charge is -2.31. The maximum Gasteiger partial charge on any atom is 0.123 e. The highest BCUT2D eigenvalue weighted by Gasteiger charge is 2.28. The van der Waals surface area contributed by atoms with Gasteiger partial charge in [0.1, 0.15) is 11.9 Å². The van der Waals surface area contributed by atoms with Crippen molar-refractivity contribution < 1.29 is 9.84 Å². The predicted octanol–water partition coefficient (Wildman–Crippen LogP) is 4.01. The van der Waals surface area contributed by atoms with Gasteiger partial charge in [-0.05, 0) is 56.1 Å². The van der Waals surface area contributed by atoms with Gasteiger partial charge in [0.2, 0.25) is 0 Å². The first kappa shape index (κ1) is 13.0. The van der Waals surface area contributed by atoms with Crippen LogP contribution in [0.2, 0.25) is 0 Å². The molecule has 3 unspecified atom stereocenters. The number of aliphatic hydroxyl groups excluding tert-OH is 1. The van der Waals surface area contributed by atoms with E-state index in [-0.39, 0.29) is 6.10 Å². The molecule has 3 rings (SSSR count). The number of benzene rings is 1. The lowest BCUT2D eigenvalue weighted by molar-refractivity contribution is 0.0894. The lowest BCUT2D eigenvalue weighted by Crippen LogP contribution is -2.30. The normalized spacial score (nSPS) is 30.1. The lowest BCUT2D eigenvalue weighted by atomic mass is 9.84. The maximum absolute atomic E-state index is 9.95. The van der Waals surface area contributed by atoms with Gasteiger partial charge in [-0.1, -0.05) is 25.5 Å². The monoisotopic (exact) mass is 260 g/mol. The van der Waals surface area contributed by atoms with Crippen LogP contribution in [0.4, 0.5) is 0 Å². The Kier molecular flexibility index (Phi) is 3.79. The van der Waals surface area contributed by atoms with Gasteiger partial charge >= 0.3 is 0 Å². The molecule has 0 aromatic heterocycles. The molecule has 1 aromatic carbocycles. The van der Waals surface area contributed by atoms with Gasteiger partial charge in [-0.3, -0.25) is 0 Å². The van der Waals surface area contributed by atoms with Crippen LogP contribution in [0.1, 0.15) is 62.7 Å². The molecule has 0 aliphatic heterocycles. The van der Waals surface area contributed by atoms with E-state index in [0.29, 0.717) is 12.0 Å². The molecule has 2 aliphatic carbocycles. The maximum atomic E-state index is 9.95. The average Bonchev–Trinajstić information content (AvgIpc) is 2.82. The van der Waals surface area contributed by atoms with E-state index in [0.717, 1.165) is 24.2 Å². The van der Waals surface area contributed by atoms with Crippen LogP contribution in [-0.4, -0.2) is 11.2 Å². The van der Waals surface area contributed by atoms with E-state index in [4.69, 9.17) is 4.74 Å². The molecule has 1 N–H and O–H groups in total. The van der Waals surface area contributed by atoms with Crippen LogP contribution in [0.15, 0.2) is 18.2 Å². The van der Waals surface area contributed by atoms with Gasteiger partial charge in [0.05, 0.1) is 6.10 Å². The van der Waals surface area contributed by atoms with Crippen molar-refractivity contribution in [3.8, 4) is 5.75 Å². The van der Waals surface area contributed by atoms with Crippen LogP contribution in [0, 0.1) is 5.92 Å². The molecule has 0 amide bonds. The molecule has 0 saturated heterocycles. The summed E-state index contributed by atoms with van der Waals surface area (Å²) in [4.78, 5) is 0. The highest BCUT2D eigenvalue weighted by molar-refractivity contribution is 5.44. The van der Waals surface area contributed by atoms with Crippen molar-refractivity contribution in [2.24, 2.45) is 5.92 Å². The highest BCUT2D eigenvalue weighted by atomic mass is 16.5. The number of aliphatic hydroxyl groups is 1. The zero-order valence-electron chi connectivity index (χ0n) is 11.8. The van der Waals surface area contributed by atoms with Crippen molar-refractivity contribution >= 4 is 0 Å². The molecule has 0 radical (unpaired) electrons. The van der Waals surface area contributed by atoms with Gasteiger partial charge in [0, 0.05) is 5.56 Å². The number of rotatable bonds is 3. The van der Waals surface area contributed by atoms with Crippen molar-refractivity contribution in [1.29, 1.82) is 0 Å². The SMILES string of the molecule is CCC1CCCCC1Oc1cccc2c1CCC2O. The number of ether oxygens (including phenoxy) is 1. The number of fused-ring (bicyclic) bond motifs is 1. The van der Waals surface area contributed by atoms with Crippen LogP contribution in [0.25, 0.3) is 0 Å². The highest BCUT2D eigenvalue weighted by Crippen LogP contribution is 2.39. The average molecular weight is 260 g/mol. The largest absolute Gasteiger partial charge is 0.490 e. The van der Waals surface area contributed by atoms with Crippen LogP contribution in [-0.2, 0) is 6.42 Å². The molecule has 104 valence electrons. The molecule has 2 heteroatoms. The Hall–Kier alpha value is -1.02. The zero-order chi connectivity index (χ0) is 13.2. The summed E-state index contributed by atoms with van der Waals surface area (Å²) in [6.45, 7) is 2.27. The summed E-state index contributed by atoms with van der Waals surface area (Å²) in [5.74, 6) is 1.73. The quantitative estimate of drug-likeness (QED) is 0.889. The van der Waals surface area contributed by atoms with Crippen LogP contribution >= 0.6 is 0 Å². The van der Waals surface area contributed by atoms with E-state index in [1.165, 1.54) is 37.7 Å². The van der Waals surface area contributed by atoms with E-state index in [1.54, 1.807) is 0 Å². The van der Waals surface area contributed by atoms with E-state index in [2.05, 4.69) is 13.0 Å². The Balaban J connectivity index is 1.80. The fraction of sp³-hybridized carbons (Fsp3) is 0.647. The zero-order valence-corrected chi connectivity index (χ0v) is 11.8. The van der Waals surface area contributed by atoms with Crippen LogP contribution in [0.3, 0.4) is 0 Å². The van der Waals surface area contributed by atoms with Crippen molar-refractivity contribution in [2.75, 3.05) is 0 Å². The van der Waals surface area contributed by atoms with Crippen molar-refractivity contribution in [3.05, 3.63) is 29.3 Å². The first-order chi connectivity index (χ1) is 9.29. The smallest absolute Gasteiger partial charge is 0.123 e. The molecule has 1 fully saturated rings. The third-order valence-corrected chi connectivity index (χ3v) is 4.84. The molecule has 3 atom stereocenters. The Morgan fingerprint density at radius 3 is 2.89 bits per heavy atom. The molecule has 0 bridgehead atoms. The Morgan fingerprint density at radius 2 is 2.05 bits per heavy atom. The van der Waals surface area contributed by atoms with Crippen LogP contribution in [0.5, 0.6) is 5.75 Å². The topological polar surface area (TPSA) is 29.5 Å². The third-order valence-electron chi connectivity index (χ3n) is 4.84. The number of hydrogen-bond acceptors (Lipinski definition) is 2. The summed E-state index contributed by atoms with van der Waals surface area (Å²) in [6, 6.07) is 6.14. The Bertz CT molecular complexity index is 441. The van der Waals surface area contributed by atoms with E-state index in [1.807, 2.05) is 12.1 Å². The molecule has 2 nitrogen and oxygen atoms in total. The first-order valence-electron chi connectivity index (χ1n) is 7.76. The molecule has 0 heterocycles. The predicted molar refractivity (Wildman–Crippen MR) is 76.4 cm³/mol. The van der Waals surface area contributed by atoms with Crippen molar-refractivity contribution in [1.82, 2.24) is 0 Å². The Labute approximate surface area is 115 Å². The van der Waals surface area contributed by atoms with Gasteiger partial charge in [-0.15, -0.1) is 0 Å². The second kappa shape index (κ2) is 5.54. The molecular weight excluding hydrogens is 236 g/mol. The van der Waals surface area contributed by atoms with Gasteiger partial charge in [0.15, 0.2) is 0 Å². The van der Waals surface area contributed by atoms with Crippen molar-refractivity contribution in [3.63, 3.8) is 0 Å². The van der Waals surface area contributed by atoms with E-state index in [9.17, 15) is 5.11 Å². The molecule has 1 saturated carbocycles. The second-order valence-corrected chi connectivity index (χ2v) is 5.99. The summed E-state index contributed by atoms with van der Waals surface area (Å²) >= 11 is 0. The van der Waals surface area contributed by atoms with E-state index >= 15 is 0 Å². The van der Waals surface area contributed by atoms with Gasteiger partial charge in [-0.2, -0.15) is 0 Å². The fourth-order valence-electron chi connectivity index (χ4n) is 3.67. The molecule has 0 spiro atoms. The van der Waals surface area contributed by atoms with Gasteiger partial charge in [-0.25, -0.2) is 0 Å². The summed E-state index contributed by atoms with van der Waals surface area (Å²) in [6.07, 6.45) is 8.23. The third kappa shape index (κ3) is 2.51. The van der Waals surface area contributed by atoms with Crippen molar-refractivity contribution in [2.45, 2.75) is 64.1 Å². The molecule has 2 aliphatic rings. The summed E-state index contributed by atoms with van der Waals surface area (Å²) in [5.41, 5.74) is 2.33. The minimum absolute atomic E-state index is 0.285. The minimum Gasteiger partial charge on any atom is -0.490 e. The first-order valence-corrected chi connectivity index (χ1v) is 7.76. The second-order valence-electron chi connectivity index (χ2n) is 5.99. The Morgan fingerprint density at radius 1 is 1.21 bits per heavy atom. The molecular formula is C17H24O2. The molecule has 1 aromatic rings.